The summed E-state index contributed by atoms with van der Waals surface area (Å²) in [5.41, 5.74) is 0.971. The number of aliphatic hydroxyl groups excluding tert-OH is 1. The second-order valence-electron chi connectivity index (χ2n) is 4.17. The van der Waals surface area contributed by atoms with Gasteiger partial charge in [0.2, 0.25) is 0 Å². The molecule has 0 heterocycles. The van der Waals surface area contributed by atoms with E-state index < -0.39 is 6.10 Å². The average Bonchev–Trinajstić information content (AvgIpc) is 2.39. The number of hydrogen-bond acceptors (Lipinski definition) is 3. The Morgan fingerprint density at radius 3 is 2.59 bits per heavy atom. The van der Waals surface area contributed by atoms with E-state index in [9.17, 15) is 5.11 Å². The lowest BCUT2D eigenvalue weighted by Crippen LogP contribution is -2.35. The molecule has 0 amide bonds. The molecule has 0 fully saturated rings. The van der Waals surface area contributed by atoms with Gasteiger partial charge in [0.15, 0.2) is 0 Å². The quantitative estimate of drug-likeness (QED) is 0.681. The van der Waals surface area contributed by atoms with Crippen LogP contribution in [0.25, 0.3) is 0 Å². The number of methoxy groups -OCH3 is 1. The Labute approximate surface area is 104 Å². The minimum Gasteiger partial charge on any atom is -0.387 e. The molecule has 1 rings (SSSR count). The molecule has 0 radical (unpaired) electrons. The maximum atomic E-state index is 10.2. The third kappa shape index (κ3) is 4.86. The van der Waals surface area contributed by atoms with Crippen LogP contribution >= 0.6 is 0 Å². The predicted octanol–water partition coefficient (Wildman–Crippen LogP) is 2.12. The zero-order chi connectivity index (χ0) is 12.5. The van der Waals surface area contributed by atoms with Crippen molar-refractivity contribution < 1.29 is 9.84 Å². The van der Waals surface area contributed by atoms with Crippen molar-refractivity contribution in [3.8, 4) is 0 Å². The van der Waals surface area contributed by atoms with Crippen molar-refractivity contribution in [2.24, 2.45) is 0 Å². The molecule has 0 aromatic heterocycles. The number of aliphatic hydroxyl groups is 1. The first kappa shape index (κ1) is 14.2. The zero-order valence-electron chi connectivity index (χ0n) is 10.7. The van der Waals surface area contributed by atoms with Gasteiger partial charge in [0.1, 0.15) is 0 Å². The van der Waals surface area contributed by atoms with Crippen LogP contribution in [0.2, 0.25) is 0 Å². The number of benzene rings is 1. The van der Waals surface area contributed by atoms with Crippen LogP contribution in [-0.2, 0) is 4.74 Å². The van der Waals surface area contributed by atoms with Crippen molar-refractivity contribution in [3.63, 3.8) is 0 Å². The van der Waals surface area contributed by atoms with Gasteiger partial charge in [0.05, 0.1) is 6.10 Å². The molecular weight excluding hydrogens is 214 g/mol. The van der Waals surface area contributed by atoms with Gasteiger partial charge < -0.3 is 15.2 Å². The summed E-state index contributed by atoms with van der Waals surface area (Å²) in [6.45, 7) is 3.71. The SMILES string of the molecule is CCC(NCCCOC)C(O)c1ccccc1. The fourth-order valence-electron chi connectivity index (χ4n) is 1.87. The first-order valence-corrected chi connectivity index (χ1v) is 6.25. The maximum absolute atomic E-state index is 10.2. The molecule has 0 aliphatic heterocycles. The maximum Gasteiger partial charge on any atom is 0.0942 e. The molecule has 96 valence electrons. The lowest BCUT2D eigenvalue weighted by Gasteiger charge is -2.23. The summed E-state index contributed by atoms with van der Waals surface area (Å²) in [6.07, 6.45) is 1.43. The number of rotatable bonds is 8. The van der Waals surface area contributed by atoms with E-state index in [1.54, 1.807) is 7.11 Å². The van der Waals surface area contributed by atoms with Crippen LogP contribution in [0.5, 0.6) is 0 Å². The zero-order valence-corrected chi connectivity index (χ0v) is 10.7. The Bertz CT molecular complexity index is 290. The van der Waals surface area contributed by atoms with Crippen molar-refractivity contribution in [2.45, 2.75) is 31.9 Å². The molecule has 3 heteroatoms. The van der Waals surface area contributed by atoms with Crippen molar-refractivity contribution >= 4 is 0 Å². The van der Waals surface area contributed by atoms with Gasteiger partial charge >= 0.3 is 0 Å². The average molecular weight is 237 g/mol. The van der Waals surface area contributed by atoms with Crippen molar-refractivity contribution in [3.05, 3.63) is 35.9 Å². The Balaban J connectivity index is 2.44. The van der Waals surface area contributed by atoms with Gasteiger partial charge in [-0.2, -0.15) is 0 Å². The Morgan fingerprint density at radius 1 is 1.29 bits per heavy atom. The molecule has 0 aliphatic rings. The van der Waals surface area contributed by atoms with Gasteiger partial charge in [-0.25, -0.2) is 0 Å². The van der Waals surface area contributed by atoms with E-state index in [1.807, 2.05) is 30.3 Å². The van der Waals surface area contributed by atoms with Gasteiger partial charge in [-0.3, -0.25) is 0 Å². The van der Waals surface area contributed by atoms with E-state index in [4.69, 9.17) is 4.74 Å². The minimum absolute atomic E-state index is 0.106. The Hall–Kier alpha value is -0.900. The topological polar surface area (TPSA) is 41.5 Å². The van der Waals surface area contributed by atoms with Crippen LogP contribution in [0.4, 0.5) is 0 Å². The van der Waals surface area contributed by atoms with Crippen LogP contribution in [0.3, 0.4) is 0 Å². The van der Waals surface area contributed by atoms with Gasteiger partial charge in [-0.15, -0.1) is 0 Å². The summed E-state index contributed by atoms with van der Waals surface area (Å²) in [5, 5.41) is 13.6. The number of ether oxygens (including phenoxy) is 1. The summed E-state index contributed by atoms with van der Waals surface area (Å²) < 4.78 is 5.00. The van der Waals surface area contributed by atoms with Crippen LogP contribution < -0.4 is 5.32 Å². The van der Waals surface area contributed by atoms with E-state index in [0.29, 0.717) is 0 Å². The van der Waals surface area contributed by atoms with E-state index in [1.165, 1.54) is 0 Å². The molecule has 0 aliphatic carbocycles. The highest BCUT2D eigenvalue weighted by atomic mass is 16.5. The fourth-order valence-corrected chi connectivity index (χ4v) is 1.87. The van der Waals surface area contributed by atoms with E-state index in [2.05, 4.69) is 12.2 Å². The Morgan fingerprint density at radius 2 is 2.00 bits per heavy atom. The normalized spacial score (nSPS) is 14.5. The van der Waals surface area contributed by atoms with E-state index in [0.717, 1.165) is 31.6 Å². The highest BCUT2D eigenvalue weighted by Crippen LogP contribution is 2.18. The lowest BCUT2D eigenvalue weighted by molar-refractivity contribution is 0.123. The molecule has 1 aromatic rings. The lowest BCUT2D eigenvalue weighted by atomic mass is 10.0. The fraction of sp³-hybridized carbons (Fsp3) is 0.571. The minimum atomic E-state index is -0.441. The summed E-state index contributed by atoms with van der Waals surface area (Å²) in [5.74, 6) is 0. The molecule has 0 saturated heterocycles. The van der Waals surface area contributed by atoms with Gasteiger partial charge in [-0.1, -0.05) is 37.3 Å². The van der Waals surface area contributed by atoms with Gasteiger partial charge in [-0.05, 0) is 24.9 Å². The van der Waals surface area contributed by atoms with Crippen LogP contribution in [0.1, 0.15) is 31.4 Å². The van der Waals surface area contributed by atoms with Crippen LogP contribution in [0.15, 0.2) is 30.3 Å². The first-order chi connectivity index (χ1) is 8.29. The summed E-state index contributed by atoms with van der Waals surface area (Å²) in [4.78, 5) is 0. The second kappa shape index (κ2) is 8.23. The highest BCUT2D eigenvalue weighted by molar-refractivity contribution is 5.18. The van der Waals surface area contributed by atoms with Crippen LogP contribution in [-0.4, -0.2) is 31.4 Å². The molecule has 2 atom stereocenters. The van der Waals surface area contributed by atoms with E-state index in [-0.39, 0.29) is 6.04 Å². The van der Waals surface area contributed by atoms with Crippen molar-refractivity contribution in [1.29, 1.82) is 0 Å². The smallest absolute Gasteiger partial charge is 0.0942 e. The summed E-state index contributed by atoms with van der Waals surface area (Å²) >= 11 is 0. The Kier molecular flexibility index (Phi) is 6.86. The molecule has 2 unspecified atom stereocenters. The molecule has 2 N–H and O–H groups in total. The molecule has 3 nitrogen and oxygen atoms in total. The monoisotopic (exact) mass is 237 g/mol. The van der Waals surface area contributed by atoms with Gasteiger partial charge in [0.25, 0.3) is 0 Å². The standard InChI is InChI=1S/C14H23NO2/c1-3-13(15-10-7-11-17-2)14(16)12-8-5-4-6-9-12/h4-6,8-9,13-16H,3,7,10-11H2,1-2H3. The second-order valence-corrected chi connectivity index (χ2v) is 4.17. The van der Waals surface area contributed by atoms with Crippen molar-refractivity contribution in [1.82, 2.24) is 5.32 Å². The largest absolute Gasteiger partial charge is 0.387 e. The molecule has 0 saturated carbocycles. The molecule has 17 heavy (non-hydrogen) atoms. The first-order valence-electron chi connectivity index (χ1n) is 6.25. The highest BCUT2D eigenvalue weighted by Gasteiger charge is 2.17. The van der Waals surface area contributed by atoms with E-state index >= 15 is 0 Å². The summed E-state index contributed by atoms with van der Waals surface area (Å²) in [7, 11) is 1.70. The molecule has 0 spiro atoms. The molecule has 0 bridgehead atoms. The third-order valence-electron chi connectivity index (χ3n) is 2.89. The summed E-state index contributed by atoms with van der Waals surface area (Å²) in [6, 6.07) is 9.90. The number of nitrogens with one attached hydrogen (secondary N) is 1. The number of hydrogen-bond donors (Lipinski definition) is 2. The predicted molar refractivity (Wildman–Crippen MR) is 70.0 cm³/mol. The molecule has 1 aromatic carbocycles. The van der Waals surface area contributed by atoms with Crippen LogP contribution in [0, 0.1) is 0 Å². The third-order valence-corrected chi connectivity index (χ3v) is 2.89. The van der Waals surface area contributed by atoms with Gasteiger partial charge in [0, 0.05) is 19.8 Å². The molecular formula is C14H23NO2. The van der Waals surface area contributed by atoms with Crippen molar-refractivity contribution in [2.75, 3.05) is 20.3 Å².